The number of rotatable bonds is 6. The molecule has 0 unspecified atom stereocenters. The van der Waals surface area contributed by atoms with Gasteiger partial charge >= 0.3 is 0 Å². The average Bonchev–Trinajstić information content (AvgIpc) is 2.53. The van der Waals surface area contributed by atoms with Crippen molar-refractivity contribution in [2.45, 2.75) is 20.0 Å². The first kappa shape index (κ1) is 16.7. The number of para-hydroxylation sites is 1. The van der Waals surface area contributed by atoms with Crippen LogP contribution in [-0.2, 0) is 0 Å². The van der Waals surface area contributed by atoms with Gasteiger partial charge in [-0.1, -0.05) is 24.3 Å². The third-order valence-electron chi connectivity index (χ3n) is 3.11. The van der Waals surface area contributed by atoms with Gasteiger partial charge in [-0.05, 0) is 44.2 Å². The van der Waals surface area contributed by atoms with Crippen LogP contribution in [0.15, 0.2) is 48.5 Å². The first-order valence-electron chi connectivity index (χ1n) is 7.33. The molecule has 2 aromatic rings. The maximum Gasteiger partial charge on any atom is 0.185 e. The van der Waals surface area contributed by atoms with E-state index in [1.807, 2.05) is 26.0 Å². The van der Waals surface area contributed by atoms with Gasteiger partial charge in [-0.3, -0.25) is 4.79 Å². The van der Waals surface area contributed by atoms with Gasteiger partial charge in [0, 0.05) is 11.1 Å². The molecule has 0 bridgehead atoms. The highest BCUT2D eigenvalue weighted by Crippen LogP contribution is 2.32. The van der Waals surface area contributed by atoms with Crippen LogP contribution < -0.4 is 9.47 Å². The fourth-order valence-corrected chi connectivity index (χ4v) is 2.09. The Balaban J connectivity index is 2.30. The molecule has 120 valence electrons. The van der Waals surface area contributed by atoms with Crippen LogP contribution in [-0.4, -0.2) is 19.0 Å². The molecule has 0 aliphatic carbocycles. The molecule has 0 spiro atoms. The molecule has 0 radical (unpaired) electrons. The van der Waals surface area contributed by atoms with Gasteiger partial charge < -0.3 is 9.47 Å². The minimum atomic E-state index is -0.436. The van der Waals surface area contributed by atoms with Gasteiger partial charge in [0.15, 0.2) is 17.3 Å². The van der Waals surface area contributed by atoms with Crippen LogP contribution in [0.2, 0.25) is 0 Å². The van der Waals surface area contributed by atoms with E-state index >= 15 is 0 Å². The Hall–Kier alpha value is -2.62. The summed E-state index contributed by atoms with van der Waals surface area (Å²) < 4.78 is 24.3. The summed E-state index contributed by atoms with van der Waals surface area (Å²) in [5.41, 5.74) is 1.03. The van der Waals surface area contributed by atoms with Crippen molar-refractivity contribution in [1.82, 2.24) is 0 Å². The molecule has 0 aliphatic heterocycles. The van der Waals surface area contributed by atoms with Crippen molar-refractivity contribution >= 4 is 11.9 Å². The molecule has 0 N–H and O–H groups in total. The Morgan fingerprint density at radius 3 is 2.57 bits per heavy atom. The smallest absolute Gasteiger partial charge is 0.185 e. The van der Waals surface area contributed by atoms with Gasteiger partial charge in [0.1, 0.15) is 5.82 Å². The number of ether oxygens (including phenoxy) is 2. The molecule has 3 nitrogen and oxygen atoms in total. The van der Waals surface area contributed by atoms with Gasteiger partial charge in [0.2, 0.25) is 0 Å². The maximum atomic E-state index is 13.2. The van der Waals surface area contributed by atoms with E-state index in [4.69, 9.17) is 9.47 Å². The SMILES string of the molecule is COc1cccc(/C=C/C(=O)c2cccc(F)c2)c1OC(C)C. The van der Waals surface area contributed by atoms with Crippen molar-refractivity contribution in [2.24, 2.45) is 0 Å². The van der Waals surface area contributed by atoms with Gasteiger partial charge in [-0.25, -0.2) is 4.39 Å². The number of hydrogen-bond donors (Lipinski definition) is 0. The van der Waals surface area contributed by atoms with Crippen molar-refractivity contribution < 1.29 is 18.7 Å². The molecule has 2 aromatic carbocycles. The molecule has 2 rings (SSSR count). The molecular weight excluding hydrogens is 295 g/mol. The monoisotopic (exact) mass is 314 g/mol. The quantitative estimate of drug-likeness (QED) is 0.581. The number of allylic oxidation sites excluding steroid dienone is 1. The summed E-state index contributed by atoms with van der Waals surface area (Å²) in [7, 11) is 1.56. The maximum absolute atomic E-state index is 13.2. The molecular formula is C19H19FO3. The molecule has 0 aliphatic rings. The lowest BCUT2D eigenvalue weighted by atomic mass is 10.1. The van der Waals surface area contributed by atoms with Gasteiger partial charge in [-0.2, -0.15) is 0 Å². The highest BCUT2D eigenvalue weighted by Gasteiger charge is 2.11. The third kappa shape index (κ3) is 4.42. The summed E-state index contributed by atoms with van der Waals surface area (Å²) in [5, 5.41) is 0. The molecule has 0 fully saturated rings. The van der Waals surface area contributed by atoms with Crippen LogP contribution in [0.3, 0.4) is 0 Å². The highest BCUT2D eigenvalue weighted by molar-refractivity contribution is 6.07. The Morgan fingerprint density at radius 1 is 1.17 bits per heavy atom. The predicted molar refractivity (Wildman–Crippen MR) is 88.5 cm³/mol. The van der Waals surface area contributed by atoms with Crippen LogP contribution in [0.4, 0.5) is 4.39 Å². The summed E-state index contributed by atoms with van der Waals surface area (Å²) in [4.78, 5) is 12.1. The normalized spacial score (nSPS) is 11.0. The summed E-state index contributed by atoms with van der Waals surface area (Å²) >= 11 is 0. The Morgan fingerprint density at radius 2 is 1.91 bits per heavy atom. The first-order valence-corrected chi connectivity index (χ1v) is 7.33. The number of benzene rings is 2. The van der Waals surface area contributed by atoms with E-state index < -0.39 is 5.82 Å². The van der Waals surface area contributed by atoms with Crippen molar-refractivity contribution in [3.63, 3.8) is 0 Å². The molecule has 23 heavy (non-hydrogen) atoms. The Labute approximate surface area is 135 Å². The average molecular weight is 314 g/mol. The van der Waals surface area contributed by atoms with Crippen molar-refractivity contribution in [3.8, 4) is 11.5 Å². The van der Waals surface area contributed by atoms with Gasteiger partial charge in [0.25, 0.3) is 0 Å². The molecule has 0 atom stereocenters. The summed E-state index contributed by atoms with van der Waals surface area (Å²) in [6.45, 7) is 3.83. The third-order valence-corrected chi connectivity index (χ3v) is 3.11. The molecule has 0 saturated heterocycles. The van der Waals surface area contributed by atoms with Gasteiger partial charge in [0.05, 0.1) is 13.2 Å². The fourth-order valence-electron chi connectivity index (χ4n) is 2.09. The minimum absolute atomic E-state index is 0.0302. The summed E-state index contributed by atoms with van der Waals surface area (Å²) in [5.74, 6) is 0.463. The van der Waals surface area contributed by atoms with Gasteiger partial charge in [-0.15, -0.1) is 0 Å². The molecule has 4 heteroatoms. The number of ketones is 1. The van der Waals surface area contributed by atoms with Crippen LogP contribution in [0, 0.1) is 5.82 Å². The van der Waals surface area contributed by atoms with E-state index in [1.54, 1.807) is 25.3 Å². The summed E-state index contributed by atoms with van der Waals surface area (Å²) in [6.07, 6.45) is 3.02. The number of carbonyl (C=O) groups excluding carboxylic acids is 1. The second-order valence-corrected chi connectivity index (χ2v) is 5.25. The lowest BCUT2D eigenvalue weighted by Crippen LogP contribution is -2.08. The number of carbonyl (C=O) groups is 1. The molecule has 0 saturated carbocycles. The molecule has 0 amide bonds. The lowest BCUT2D eigenvalue weighted by molar-refractivity contribution is 0.104. The largest absolute Gasteiger partial charge is 0.493 e. The minimum Gasteiger partial charge on any atom is -0.493 e. The summed E-state index contributed by atoms with van der Waals surface area (Å²) in [6, 6.07) is 11.0. The zero-order valence-electron chi connectivity index (χ0n) is 13.4. The predicted octanol–water partition coefficient (Wildman–Crippen LogP) is 4.52. The second kappa shape index (κ2) is 7.58. The molecule has 0 heterocycles. The zero-order chi connectivity index (χ0) is 16.8. The van der Waals surface area contributed by atoms with Crippen molar-refractivity contribution in [3.05, 3.63) is 65.5 Å². The number of hydrogen-bond acceptors (Lipinski definition) is 3. The van der Waals surface area contributed by atoms with E-state index in [9.17, 15) is 9.18 Å². The van der Waals surface area contributed by atoms with E-state index in [0.29, 0.717) is 17.1 Å². The molecule has 0 aromatic heterocycles. The van der Waals surface area contributed by atoms with E-state index in [1.165, 1.54) is 24.3 Å². The van der Waals surface area contributed by atoms with Crippen LogP contribution in [0.25, 0.3) is 6.08 Å². The lowest BCUT2D eigenvalue weighted by Gasteiger charge is -2.15. The van der Waals surface area contributed by atoms with E-state index in [-0.39, 0.29) is 11.9 Å². The van der Waals surface area contributed by atoms with Crippen LogP contribution in [0.5, 0.6) is 11.5 Å². The van der Waals surface area contributed by atoms with Crippen LogP contribution in [0.1, 0.15) is 29.8 Å². The van der Waals surface area contributed by atoms with Crippen LogP contribution >= 0.6 is 0 Å². The van der Waals surface area contributed by atoms with E-state index in [0.717, 1.165) is 5.56 Å². The highest BCUT2D eigenvalue weighted by atomic mass is 19.1. The van der Waals surface area contributed by atoms with Crippen molar-refractivity contribution in [1.29, 1.82) is 0 Å². The number of halogens is 1. The Kier molecular flexibility index (Phi) is 5.52. The second-order valence-electron chi connectivity index (χ2n) is 5.25. The van der Waals surface area contributed by atoms with E-state index in [2.05, 4.69) is 0 Å². The topological polar surface area (TPSA) is 35.5 Å². The Bertz CT molecular complexity index is 720. The number of methoxy groups -OCH3 is 1. The fraction of sp³-hybridized carbons (Fsp3) is 0.211. The standard InChI is InChI=1S/C19H19FO3/c1-13(2)23-19-14(6-5-9-18(19)22-3)10-11-17(21)15-7-4-8-16(20)12-15/h4-13H,1-3H3/b11-10+. The first-order chi connectivity index (χ1) is 11.0. The zero-order valence-corrected chi connectivity index (χ0v) is 13.4. The van der Waals surface area contributed by atoms with Crippen molar-refractivity contribution in [2.75, 3.05) is 7.11 Å².